The fraction of sp³-hybridized carbons (Fsp3) is 0.562. The molecule has 218 valence electrons. The molecular weight excluding hydrogens is 532 g/mol. The number of nitrogens with one attached hydrogen (secondary N) is 1. The number of hydrogen-bond acceptors (Lipinski definition) is 6. The minimum Gasteiger partial charge on any atom is -0.494 e. The number of amides is 1. The van der Waals surface area contributed by atoms with Crippen LogP contribution in [-0.2, 0) is 13.6 Å². The average molecular weight is 575 g/mol. The zero-order chi connectivity index (χ0) is 28.1. The standard InChI is InChI=1S/C32H42N6O2S/c1-36-30-25(13-23(14-27(30)40-2)32(39)37-12-4-3-5-21(16-33)17-37)35-31(36)26-15-28-29(38(26)18-20-6-7-20)24(19-41-28)22-8-10-34-11-9-22/h13-15,19-22,34H,3-12,16-18,33H2,1-2H3/t21-/m0/s1. The Labute approximate surface area is 245 Å². The molecule has 0 bridgehead atoms. The number of carbonyl (C=O) groups excluding carboxylic acids is 1. The van der Waals surface area contributed by atoms with Crippen LogP contribution in [0.2, 0.25) is 0 Å². The van der Waals surface area contributed by atoms with Crippen molar-refractivity contribution in [2.75, 3.05) is 39.8 Å². The number of nitrogens with zero attached hydrogens (tertiary/aromatic N) is 4. The smallest absolute Gasteiger partial charge is 0.254 e. The first-order valence-electron chi connectivity index (χ1n) is 15.4. The molecule has 0 radical (unpaired) electrons. The number of hydrogen-bond donors (Lipinski definition) is 2. The first-order chi connectivity index (χ1) is 20.1. The van der Waals surface area contributed by atoms with Gasteiger partial charge in [-0.25, -0.2) is 4.98 Å². The summed E-state index contributed by atoms with van der Waals surface area (Å²) in [5, 5.41) is 5.93. The molecule has 1 aromatic carbocycles. The molecule has 0 unspecified atom stereocenters. The Morgan fingerprint density at radius 2 is 1.93 bits per heavy atom. The van der Waals surface area contributed by atoms with E-state index in [9.17, 15) is 4.79 Å². The van der Waals surface area contributed by atoms with Crippen LogP contribution in [-0.4, -0.2) is 64.8 Å². The molecule has 3 aromatic heterocycles. The number of rotatable bonds is 7. The van der Waals surface area contributed by atoms with Crippen LogP contribution in [0.4, 0.5) is 0 Å². The lowest BCUT2D eigenvalue weighted by Gasteiger charge is -2.24. The SMILES string of the molecule is COc1cc(C(=O)N2CCCC[C@@H](CN)C2)cc2nc(-c3cc4scc(C5CCNCC5)c4n3CC3CC3)n(C)c12. The number of likely N-dealkylation sites (tertiary alicyclic amines) is 1. The maximum atomic E-state index is 13.7. The van der Waals surface area contributed by atoms with E-state index >= 15 is 0 Å². The number of methoxy groups -OCH3 is 1. The molecule has 8 nitrogen and oxygen atoms in total. The van der Waals surface area contributed by atoms with E-state index in [0.29, 0.717) is 36.2 Å². The van der Waals surface area contributed by atoms with E-state index < -0.39 is 0 Å². The highest BCUT2D eigenvalue weighted by Crippen LogP contribution is 2.43. The summed E-state index contributed by atoms with van der Waals surface area (Å²) in [5.41, 5.74) is 12.5. The molecule has 1 saturated carbocycles. The Bertz CT molecular complexity index is 1570. The van der Waals surface area contributed by atoms with Crippen LogP contribution in [0.5, 0.6) is 5.75 Å². The number of aromatic nitrogens is 3. The lowest BCUT2D eigenvalue weighted by atomic mass is 9.91. The highest BCUT2D eigenvalue weighted by molar-refractivity contribution is 7.17. The summed E-state index contributed by atoms with van der Waals surface area (Å²) in [5.74, 6) is 3.37. The Morgan fingerprint density at radius 3 is 2.68 bits per heavy atom. The second kappa shape index (κ2) is 11.1. The van der Waals surface area contributed by atoms with Crippen LogP contribution in [0.3, 0.4) is 0 Å². The van der Waals surface area contributed by atoms with Crippen LogP contribution in [0.25, 0.3) is 32.8 Å². The molecule has 1 atom stereocenters. The van der Waals surface area contributed by atoms with E-state index in [0.717, 1.165) is 68.2 Å². The van der Waals surface area contributed by atoms with Gasteiger partial charge in [-0.3, -0.25) is 4.79 Å². The highest BCUT2D eigenvalue weighted by atomic mass is 32.1. The number of thiophene rings is 1. The van der Waals surface area contributed by atoms with Gasteiger partial charge in [0.15, 0.2) is 5.82 Å². The van der Waals surface area contributed by atoms with Gasteiger partial charge in [-0.05, 0) is 105 Å². The lowest BCUT2D eigenvalue weighted by molar-refractivity contribution is 0.0742. The van der Waals surface area contributed by atoms with Gasteiger partial charge in [-0.15, -0.1) is 11.3 Å². The summed E-state index contributed by atoms with van der Waals surface area (Å²) in [6.07, 6.45) is 8.21. The van der Waals surface area contributed by atoms with Crippen molar-refractivity contribution in [1.82, 2.24) is 24.3 Å². The van der Waals surface area contributed by atoms with Gasteiger partial charge in [0.05, 0.1) is 28.5 Å². The zero-order valence-corrected chi connectivity index (χ0v) is 25.1. The predicted molar refractivity (Wildman–Crippen MR) is 166 cm³/mol. The van der Waals surface area contributed by atoms with Crippen LogP contribution in [0.15, 0.2) is 23.6 Å². The van der Waals surface area contributed by atoms with Gasteiger partial charge in [0.2, 0.25) is 0 Å². The average Bonchev–Trinajstić information content (AvgIpc) is 3.59. The summed E-state index contributed by atoms with van der Waals surface area (Å²) >= 11 is 1.87. The minimum atomic E-state index is 0.0435. The summed E-state index contributed by atoms with van der Waals surface area (Å²) in [6, 6.07) is 6.20. The third-order valence-electron chi connectivity index (χ3n) is 9.58. The first kappa shape index (κ1) is 27.0. The Morgan fingerprint density at radius 1 is 1.10 bits per heavy atom. The molecule has 1 aliphatic carbocycles. The Hall–Kier alpha value is -2.88. The number of benzene rings is 1. The van der Waals surface area contributed by atoms with Gasteiger partial charge in [-0.1, -0.05) is 6.42 Å². The van der Waals surface area contributed by atoms with Crippen molar-refractivity contribution >= 4 is 38.5 Å². The normalized spacial score (nSPS) is 20.7. The van der Waals surface area contributed by atoms with Gasteiger partial charge < -0.3 is 29.8 Å². The molecule has 7 rings (SSSR count). The second-order valence-electron chi connectivity index (χ2n) is 12.4. The molecule has 1 amide bonds. The molecule has 3 aliphatic rings. The molecule has 0 spiro atoms. The van der Waals surface area contributed by atoms with Crippen molar-refractivity contribution < 1.29 is 9.53 Å². The van der Waals surface area contributed by atoms with E-state index in [1.807, 2.05) is 28.4 Å². The topological polar surface area (TPSA) is 90.3 Å². The summed E-state index contributed by atoms with van der Waals surface area (Å²) in [6.45, 7) is 5.33. The minimum absolute atomic E-state index is 0.0435. The zero-order valence-electron chi connectivity index (χ0n) is 24.3. The van der Waals surface area contributed by atoms with E-state index in [1.165, 1.54) is 47.2 Å². The fourth-order valence-corrected chi connectivity index (χ4v) is 8.14. The number of aryl methyl sites for hydroxylation is 1. The van der Waals surface area contributed by atoms with E-state index in [4.69, 9.17) is 15.5 Å². The first-order valence-corrected chi connectivity index (χ1v) is 16.3. The quantitative estimate of drug-likeness (QED) is 0.311. The number of piperidine rings is 1. The third kappa shape index (κ3) is 4.96. The number of fused-ring (bicyclic) bond motifs is 2. The van der Waals surface area contributed by atoms with Crippen LogP contribution in [0.1, 0.15) is 66.8 Å². The van der Waals surface area contributed by atoms with E-state index in [-0.39, 0.29) is 5.91 Å². The monoisotopic (exact) mass is 574 g/mol. The Balaban J connectivity index is 1.31. The van der Waals surface area contributed by atoms with Gasteiger partial charge >= 0.3 is 0 Å². The molecule has 2 aliphatic heterocycles. The molecule has 4 aromatic rings. The molecular formula is C32H42N6O2S. The summed E-state index contributed by atoms with van der Waals surface area (Å²) < 4.78 is 12.0. The van der Waals surface area contributed by atoms with Crippen molar-refractivity contribution in [2.24, 2.45) is 24.6 Å². The summed E-state index contributed by atoms with van der Waals surface area (Å²) in [4.78, 5) is 20.9. The highest BCUT2D eigenvalue weighted by Gasteiger charge is 2.30. The van der Waals surface area contributed by atoms with Crippen molar-refractivity contribution in [3.63, 3.8) is 0 Å². The molecule has 2 saturated heterocycles. The van der Waals surface area contributed by atoms with E-state index in [1.54, 1.807) is 7.11 Å². The molecule has 9 heteroatoms. The summed E-state index contributed by atoms with van der Waals surface area (Å²) in [7, 11) is 3.76. The lowest BCUT2D eigenvalue weighted by Crippen LogP contribution is -2.36. The van der Waals surface area contributed by atoms with Crippen LogP contribution in [0, 0.1) is 11.8 Å². The van der Waals surface area contributed by atoms with Crippen LogP contribution < -0.4 is 15.8 Å². The van der Waals surface area contributed by atoms with Crippen molar-refractivity contribution in [3.05, 3.63) is 34.7 Å². The number of nitrogens with two attached hydrogens (primary N) is 1. The molecule has 5 heterocycles. The predicted octanol–water partition coefficient (Wildman–Crippen LogP) is 5.34. The number of carbonyl (C=O) groups is 1. The number of imidazole rings is 1. The largest absolute Gasteiger partial charge is 0.494 e. The maximum absolute atomic E-state index is 13.7. The molecule has 3 N–H and O–H groups in total. The van der Waals surface area contributed by atoms with Gasteiger partial charge in [0, 0.05) is 32.2 Å². The molecule has 3 fully saturated rings. The van der Waals surface area contributed by atoms with Crippen molar-refractivity contribution in [1.29, 1.82) is 0 Å². The van der Waals surface area contributed by atoms with E-state index in [2.05, 4.69) is 32.9 Å². The van der Waals surface area contributed by atoms with Gasteiger partial charge in [0.1, 0.15) is 11.3 Å². The Kier molecular flexibility index (Phi) is 7.29. The second-order valence-corrected chi connectivity index (χ2v) is 13.3. The van der Waals surface area contributed by atoms with Crippen molar-refractivity contribution in [2.45, 2.75) is 57.4 Å². The third-order valence-corrected chi connectivity index (χ3v) is 10.5. The van der Waals surface area contributed by atoms with Gasteiger partial charge in [-0.2, -0.15) is 0 Å². The number of ether oxygens (including phenoxy) is 1. The van der Waals surface area contributed by atoms with Gasteiger partial charge in [0.25, 0.3) is 5.91 Å². The fourth-order valence-electron chi connectivity index (χ4n) is 7.06. The maximum Gasteiger partial charge on any atom is 0.254 e. The van der Waals surface area contributed by atoms with Crippen molar-refractivity contribution in [3.8, 4) is 17.3 Å². The van der Waals surface area contributed by atoms with Crippen LogP contribution >= 0.6 is 11.3 Å². The molecule has 41 heavy (non-hydrogen) atoms.